The fraction of sp³-hybridized carbons (Fsp3) is 0.286. The van der Waals surface area contributed by atoms with E-state index in [0.717, 1.165) is 5.56 Å². The van der Waals surface area contributed by atoms with Gasteiger partial charge in [-0.25, -0.2) is 4.79 Å². The molecule has 0 radical (unpaired) electrons. The predicted octanol–water partition coefficient (Wildman–Crippen LogP) is 2.77. The molecular formula is C21H23N3O3. The Hall–Kier alpha value is -3.15. The second-order valence-corrected chi connectivity index (χ2v) is 7.11. The minimum atomic E-state index is -0.466. The number of fused-ring (bicyclic) bond motifs is 1. The van der Waals surface area contributed by atoms with Crippen molar-refractivity contribution in [1.82, 2.24) is 9.13 Å². The molecule has 0 aliphatic carbocycles. The summed E-state index contributed by atoms with van der Waals surface area (Å²) in [5.74, 6) is -0.188. The topological polar surface area (TPSA) is 73.1 Å². The summed E-state index contributed by atoms with van der Waals surface area (Å²) in [6.07, 6.45) is 0. The number of anilines is 1. The largest absolute Gasteiger partial charge is 0.331 e. The van der Waals surface area contributed by atoms with Crippen LogP contribution in [0.15, 0.2) is 58.1 Å². The van der Waals surface area contributed by atoms with Gasteiger partial charge in [0.15, 0.2) is 0 Å². The zero-order valence-electron chi connectivity index (χ0n) is 15.7. The van der Waals surface area contributed by atoms with E-state index in [9.17, 15) is 14.4 Å². The number of para-hydroxylation sites is 1. The van der Waals surface area contributed by atoms with E-state index in [2.05, 4.69) is 5.32 Å². The van der Waals surface area contributed by atoms with Crippen LogP contribution in [0, 0.1) is 12.8 Å². The molecule has 0 fully saturated rings. The van der Waals surface area contributed by atoms with E-state index >= 15 is 0 Å². The molecule has 2 aromatic carbocycles. The van der Waals surface area contributed by atoms with E-state index in [1.165, 1.54) is 9.13 Å². The maximum atomic E-state index is 12.9. The summed E-state index contributed by atoms with van der Waals surface area (Å²) in [6, 6.07) is 14.3. The number of nitrogens with zero attached hydrogens (tertiary/aromatic N) is 2. The highest BCUT2D eigenvalue weighted by molar-refractivity contribution is 5.91. The van der Waals surface area contributed by atoms with Gasteiger partial charge in [-0.05, 0) is 37.1 Å². The first-order valence-corrected chi connectivity index (χ1v) is 8.95. The smallest absolute Gasteiger partial charge is 0.325 e. The van der Waals surface area contributed by atoms with Crippen molar-refractivity contribution in [2.75, 3.05) is 5.32 Å². The van der Waals surface area contributed by atoms with Crippen molar-refractivity contribution in [3.63, 3.8) is 0 Å². The lowest BCUT2D eigenvalue weighted by Crippen LogP contribution is -2.42. The van der Waals surface area contributed by atoms with Crippen LogP contribution in [0.4, 0.5) is 5.69 Å². The lowest BCUT2D eigenvalue weighted by molar-refractivity contribution is -0.116. The molecule has 1 N–H and O–H groups in total. The summed E-state index contributed by atoms with van der Waals surface area (Å²) in [6.45, 7) is 5.99. The number of hydrogen-bond acceptors (Lipinski definition) is 3. The SMILES string of the molecule is Cc1ccc(NC(=O)Cn2c(=O)n(CC(C)C)c(=O)c3ccccc32)cc1. The van der Waals surface area contributed by atoms with Crippen LogP contribution in [0.2, 0.25) is 0 Å². The molecule has 6 nitrogen and oxygen atoms in total. The number of aryl methyl sites for hydroxylation is 1. The summed E-state index contributed by atoms with van der Waals surface area (Å²) in [5.41, 5.74) is 1.44. The van der Waals surface area contributed by atoms with Crippen LogP contribution in [-0.4, -0.2) is 15.0 Å². The molecule has 0 aliphatic heterocycles. The third-order valence-electron chi connectivity index (χ3n) is 4.32. The molecule has 1 amide bonds. The van der Waals surface area contributed by atoms with Crippen LogP contribution in [0.3, 0.4) is 0 Å². The Balaban J connectivity index is 2.02. The molecule has 0 atom stereocenters. The maximum Gasteiger partial charge on any atom is 0.331 e. The highest BCUT2D eigenvalue weighted by atomic mass is 16.2. The fourth-order valence-corrected chi connectivity index (χ4v) is 3.03. The average molecular weight is 365 g/mol. The molecule has 3 aromatic rings. The molecule has 0 spiro atoms. The van der Waals surface area contributed by atoms with E-state index in [1.807, 2.05) is 45.0 Å². The van der Waals surface area contributed by atoms with E-state index in [0.29, 0.717) is 23.1 Å². The molecule has 3 rings (SSSR count). The Morgan fingerprint density at radius 3 is 2.33 bits per heavy atom. The molecule has 0 saturated carbocycles. The lowest BCUT2D eigenvalue weighted by atomic mass is 10.2. The second-order valence-electron chi connectivity index (χ2n) is 7.11. The highest BCUT2D eigenvalue weighted by Crippen LogP contribution is 2.11. The molecule has 0 aliphatic rings. The summed E-state index contributed by atoms with van der Waals surface area (Å²) in [4.78, 5) is 38.1. The summed E-state index contributed by atoms with van der Waals surface area (Å²) in [7, 11) is 0. The first-order valence-electron chi connectivity index (χ1n) is 8.95. The number of hydrogen-bond donors (Lipinski definition) is 1. The molecule has 27 heavy (non-hydrogen) atoms. The number of rotatable bonds is 5. The molecule has 0 unspecified atom stereocenters. The Bertz CT molecular complexity index is 1090. The van der Waals surface area contributed by atoms with Crippen LogP contribution >= 0.6 is 0 Å². The predicted molar refractivity (Wildman–Crippen MR) is 107 cm³/mol. The van der Waals surface area contributed by atoms with Gasteiger partial charge in [-0.3, -0.25) is 18.7 Å². The van der Waals surface area contributed by atoms with E-state index in [1.54, 1.807) is 24.3 Å². The van der Waals surface area contributed by atoms with Crippen molar-refractivity contribution in [3.8, 4) is 0 Å². The van der Waals surface area contributed by atoms with Crippen molar-refractivity contribution in [3.05, 3.63) is 74.9 Å². The van der Waals surface area contributed by atoms with Gasteiger partial charge in [0.2, 0.25) is 5.91 Å². The third-order valence-corrected chi connectivity index (χ3v) is 4.32. The number of aromatic nitrogens is 2. The Morgan fingerprint density at radius 1 is 1.00 bits per heavy atom. The van der Waals surface area contributed by atoms with Gasteiger partial charge in [0, 0.05) is 12.2 Å². The number of benzene rings is 2. The fourth-order valence-electron chi connectivity index (χ4n) is 3.03. The van der Waals surface area contributed by atoms with Crippen molar-refractivity contribution < 1.29 is 4.79 Å². The van der Waals surface area contributed by atoms with Crippen LogP contribution in [-0.2, 0) is 17.9 Å². The van der Waals surface area contributed by atoms with Gasteiger partial charge in [-0.15, -0.1) is 0 Å². The van der Waals surface area contributed by atoms with Gasteiger partial charge in [0.05, 0.1) is 10.9 Å². The molecule has 1 heterocycles. The van der Waals surface area contributed by atoms with Gasteiger partial charge >= 0.3 is 5.69 Å². The van der Waals surface area contributed by atoms with Crippen LogP contribution in [0.1, 0.15) is 19.4 Å². The minimum Gasteiger partial charge on any atom is -0.325 e. The zero-order valence-corrected chi connectivity index (χ0v) is 15.7. The molecular weight excluding hydrogens is 342 g/mol. The Kier molecular flexibility index (Phi) is 5.26. The third kappa shape index (κ3) is 4.00. The van der Waals surface area contributed by atoms with Crippen LogP contribution in [0.25, 0.3) is 10.9 Å². The molecule has 0 bridgehead atoms. The van der Waals surface area contributed by atoms with E-state index in [4.69, 9.17) is 0 Å². The van der Waals surface area contributed by atoms with Gasteiger partial charge in [-0.1, -0.05) is 43.7 Å². The molecule has 0 saturated heterocycles. The normalized spacial score (nSPS) is 11.1. The Morgan fingerprint density at radius 2 is 1.67 bits per heavy atom. The quantitative estimate of drug-likeness (QED) is 0.756. The van der Waals surface area contributed by atoms with Crippen LogP contribution in [0.5, 0.6) is 0 Å². The number of amides is 1. The second kappa shape index (κ2) is 7.61. The standard InChI is InChI=1S/C21H23N3O3/c1-14(2)12-24-20(26)17-6-4-5-7-18(17)23(21(24)27)13-19(25)22-16-10-8-15(3)9-11-16/h4-11,14H,12-13H2,1-3H3,(H,22,25). The van der Waals surface area contributed by atoms with E-state index < -0.39 is 5.69 Å². The Labute approximate surface area is 157 Å². The summed E-state index contributed by atoms with van der Waals surface area (Å²) < 4.78 is 2.58. The van der Waals surface area contributed by atoms with E-state index in [-0.39, 0.29) is 23.9 Å². The van der Waals surface area contributed by atoms with Crippen molar-refractivity contribution >= 4 is 22.5 Å². The molecule has 1 aromatic heterocycles. The number of carbonyl (C=O) groups is 1. The summed E-state index contributed by atoms with van der Waals surface area (Å²) >= 11 is 0. The lowest BCUT2D eigenvalue weighted by Gasteiger charge is -2.15. The molecule has 6 heteroatoms. The first-order chi connectivity index (χ1) is 12.9. The highest BCUT2D eigenvalue weighted by Gasteiger charge is 2.16. The van der Waals surface area contributed by atoms with Crippen molar-refractivity contribution in [1.29, 1.82) is 0 Å². The zero-order chi connectivity index (χ0) is 19.6. The van der Waals surface area contributed by atoms with Gasteiger partial charge in [-0.2, -0.15) is 0 Å². The van der Waals surface area contributed by atoms with Gasteiger partial charge in [0.1, 0.15) is 6.54 Å². The van der Waals surface area contributed by atoms with Gasteiger partial charge < -0.3 is 5.32 Å². The average Bonchev–Trinajstić information content (AvgIpc) is 2.64. The maximum absolute atomic E-state index is 12.9. The summed E-state index contributed by atoms with van der Waals surface area (Å²) in [5, 5.41) is 3.23. The number of carbonyl (C=O) groups excluding carboxylic acids is 1. The van der Waals surface area contributed by atoms with Crippen LogP contribution < -0.4 is 16.6 Å². The van der Waals surface area contributed by atoms with Crippen molar-refractivity contribution in [2.24, 2.45) is 5.92 Å². The minimum absolute atomic E-state index is 0.131. The van der Waals surface area contributed by atoms with Crippen molar-refractivity contribution in [2.45, 2.75) is 33.9 Å². The first kappa shape index (κ1) is 18.6. The molecule has 140 valence electrons. The number of nitrogens with one attached hydrogen (secondary N) is 1. The van der Waals surface area contributed by atoms with Gasteiger partial charge in [0.25, 0.3) is 5.56 Å². The monoisotopic (exact) mass is 365 g/mol.